The highest BCUT2D eigenvalue weighted by atomic mass is 14.7. The molecule has 0 amide bonds. The predicted molar refractivity (Wildman–Crippen MR) is 109 cm³/mol. The smallest absolute Gasteiger partial charge is 0.0702 e. The summed E-state index contributed by atoms with van der Waals surface area (Å²) in [6.45, 7) is 0. The van der Waals surface area contributed by atoms with Crippen LogP contribution < -0.4 is 0 Å². The summed E-state index contributed by atoms with van der Waals surface area (Å²) in [4.78, 5) is 9.11. The van der Waals surface area contributed by atoms with Crippen LogP contribution >= 0.6 is 0 Å². The van der Waals surface area contributed by atoms with Crippen molar-refractivity contribution < 1.29 is 0 Å². The van der Waals surface area contributed by atoms with Crippen molar-refractivity contribution in [2.45, 2.75) is 38.5 Å². The van der Waals surface area contributed by atoms with Crippen molar-refractivity contribution in [3.05, 3.63) is 84.2 Å². The minimum atomic E-state index is 1.08. The lowest BCUT2D eigenvalue weighted by Gasteiger charge is -2.05. The van der Waals surface area contributed by atoms with Crippen LogP contribution in [0.15, 0.2) is 73.1 Å². The van der Waals surface area contributed by atoms with Gasteiger partial charge in [0.25, 0.3) is 0 Å². The Morgan fingerprint density at radius 1 is 0.538 bits per heavy atom. The average molecular weight is 340 g/mol. The molecule has 0 fully saturated rings. The van der Waals surface area contributed by atoms with Crippen LogP contribution in [0.5, 0.6) is 0 Å². The van der Waals surface area contributed by atoms with Gasteiger partial charge in [-0.1, -0.05) is 49.2 Å². The molecule has 4 aromatic rings. The topological polar surface area (TPSA) is 25.8 Å². The van der Waals surface area contributed by atoms with Crippen LogP contribution in [0.2, 0.25) is 0 Å². The minimum absolute atomic E-state index is 1.08. The van der Waals surface area contributed by atoms with E-state index in [9.17, 15) is 0 Å². The number of hydrogen-bond acceptors (Lipinski definition) is 2. The highest BCUT2D eigenvalue weighted by Gasteiger charge is 2.00. The molecule has 0 bridgehead atoms. The molecular weight excluding hydrogens is 316 g/mol. The third-order valence-electron chi connectivity index (χ3n) is 4.98. The van der Waals surface area contributed by atoms with Gasteiger partial charge in [0, 0.05) is 23.2 Å². The number of pyridine rings is 2. The SMILES string of the molecule is c1ccc2ncc(CCCCCCc3cnc4ccccc4c3)cc2c1. The number of rotatable bonds is 7. The van der Waals surface area contributed by atoms with E-state index in [1.165, 1.54) is 47.6 Å². The lowest BCUT2D eigenvalue weighted by molar-refractivity contribution is 0.640. The molecule has 4 rings (SSSR count). The van der Waals surface area contributed by atoms with E-state index < -0.39 is 0 Å². The van der Waals surface area contributed by atoms with E-state index in [-0.39, 0.29) is 0 Å². The van der Waals surface area contributed by atoms with Crippen LogP contribution in [0.25, 0.3) is 21.8 Å². The second kappa shape index (κ2) is 8.09. The van der Waals surface area contributed by atoms with E-state index in [1.54, 1.807) is 0 Å². The van der Waals surface area contributed by atoms with Crippen molar-refractivity contribution in [3.63, 3.8) is 0 Å². The molecule has 0 saturated carbocycles. The van der Waals surface area contributed by atoms with E-state index in [4.69, 9.17) is 0 Å². The molecule has 0 radical (unpaired) electrons. The summed E-state index contributed by atoms with van der Waals surface area (Å²) in [5, 5.41) is 2.49. The van der Waals surface area contributed by atoms with Gasteiger partial charge in [-0.15, -0.1) is 0 Å². The van der Waals surface area contributed by atoms with Gasteiger partial charge in [-0.2, -0.15) is 0 Å². The first-order valence-electron chi connectivity index (χ1n) is 9.56. The summed E-state index contributed by atoms with van der Waals surface area (Å²) >= 11 is 0. The largest absolute Gasteiger partial charge is 0.256 e. The Morgan fingerprint density at radius 3 is 1.50 bits per heavy atom. The molecule has 2 aromatic heterocycles. The number of para-hydroxylation sites is 2. The molecule has 2 heteroatoms. The first-order chi connectivity index (χ1) is 12.9. The summed E-state index contributed by atoms with van der Waals surface area (Å²) in [5.41, 5.74) is 4.87. The van der Waals surface area contributed by atoms with Crippen LogP contribution in [0.4, 0.5) is 0 Å². The summed E-state index contributed by atoms with van der Waals surface area (Å²) in [6, 6.07) is 21.2. The summed E-state index contributed by atoms with van der Waals surface area (Å²) in [5.74, 6) is 0. The number of unbranched alkanes of at least 4 members (excludes halogenated alkanes) is 3. The molecule has 0 spiro atoms. The Labute approximate surface area is 154 Å². The molecule has 0 aliphatic rings. The standard InChI is InChI=1S/C24H24N2/c1(3-9-19-15-21-11-5-7-13-23(21)25-17-19)2-4-10-20-16-22-12-6-8-14-24(22)26-18-20/h5-8,11-18H,1-4,9-10H2. The number of aromatic nitrogens is 2. The zero-order valence-corrected chi connectivity index (χ0v) is 15.1. The van der Waals surface area contributed by atoms with Crippen LogP contribution in [0.1, 0.15) is 36.8 Å². The fraction of sp³-hybridized carbons (Fsp3) is 0.250. The van der Waals surface area contributed by atoms with Gasteiger partial charge in [0.15, 0.2) is 0 Å². The second-order valence-electron chi connectivity index (χ2n) is 6.99. The number of hydrogen-bond donors (Lipinski definition) is 0. The Morgan fingerprint density at radius 2 is 1.00 bits per heavy atom. The Kier molecular flexibility index (Phi) is 5.20. The van der Waals surface area contributed by atoms with E-state index in [1.807, 2.05) is 24.5 Å². The van der Waals surface area contributed by atoms with Crippen molar-refractivity contribution in [2.24, 2.45) is 0 Å². The number of fused-ring (bicyclic) bond motifs is 2. The van der Waals surface area contributed by atoms with E-state index in [2.05, 4.69) is 58.5 Å². The van der Waals surface area contributed by atoms with Gasteiger partial charge in [0.05, 0.1) is 11.0 Å². The van der Waals surface area contributed by atoms with E-state index in [0.29, 0.717) is 0 Å². The normalized spacial score (nSPS) is 11.2. The Bertz CT molecular complexity index is 924. The molecule has 0 aliphatic heterocycles. The summed E-state index contributed by atoms with van der Waals surface area (Å²) < 4.78 is 0. The molecule has 0 aliphatic carbocycles. The monoisotopic (exact) mass is 340 g/mol. The molecular formula is C24H24N2. The highest BCUT2D eigenvalue weighted by Crippen LogP contribution is 2.17. The molecule has 0 unspecified atom stereocenters. The maximum absolute atomic E-state index is 4.55. The van der Waals surface area contributed by atoms with Gasteiger partial charge in [-0.25, -0.2) is 0 Å². The molecule has 26 heavy (non-hydrogen) atoms. The first kappa shape index (κ1) is 16.7. The number of benzene rings is 2. The van der Waals surface area contributed by atoms with E-state index in [0.717, 1.165) is 23.9 Å². The van der Waals surface area contributed by atoms with Gasteiger partial charge in [0.1, 0.15) is 0 Å². The van der Waals surface area contributed by atoms with Gasteiger partial charge in [-0.05, 0) is 61.1 Å². The number of aryl methyl sites for hydroxylation is 2. The van der Waals surface area contributed by atoms with Crippen LogP contribution in [0, 0.1) is 0 Å². The van der Waals surface area contributed by atoms with Crippen LogP contribution in [-0.2, 0) is 12.8 Å². The van der Waals surface area contributed by atoms with Gasteiger partial charge in [0.2, 0.25) is 0 Å². The van der Waals surface area contributed by atoms with E-state index >= 15 is 0 Å². The third kappa shape index (κ3) is 4.08. The van der Waals surface area contributed by atoms with Crippen LogP contribution in [-0.4, -0.2) is 9.97 Å². The van der Waals surface area contributed by atoms with Crippen molar-refractivity contribution >= 4 is 21.8 Å². The maximum Gasteiger partial charge on any atom is 0.0702 e. The quantitative estimate of drug-likeness (QED) is 0.378. The summed E-state index contributed by atoms with van der Waals surface area (Å²) in [7, 11) is 0. The molecule has 2 heterocycles. The zero-order chi connectivity index (χ0) is 17.6. The highest BCUT2D eigenvalue weighted by molar-refractivity contribution is 5.79. The Balaban J connectivity index is 1.22. The predicted octanol–water partition coefficient (Wildman–Crippen LogP) is 6.13. The molecule has 2 nitrogen and oxygen atoms in total. The fourth-order valence-electron chi connectivity index (χ4n) is 3.52. The Hall–Kier alpha value is -2.74. The number of nitrogens with zero attached hydrogens (tertiary/aromatic N) is 2. The fourth-order valence-corrected chi connectivity index (χ4v) is 3.52. The lowest BCUT2D eigenvalue weighted by Crippen LogP contribution is -1.91. The molecule has 130 valence electrons. The van der Waals surface area contributed by atoms with Crippen LogP contribution in [0.3, 0.4) is 0 Å². The molecule has 0 N–H and O–H groups in total. The maximum atomic E-state index is 4.55. The lowest BCUT2D eigenvalue weighted by atomic mass is 10.0. The molecule has 0 atom stereocenters. The van der Waals surface area contributed by atoms with Gasteiger partial charge >= 0.3 is 0 Å². The zero-order valence-electron chi connectivity index (χ0n) is 15.1. The van der Waals surface area contributed by atoms with Crippen molar-refractivity contribution in [1.82, 2.24) is 9.97 Å². The first-order valence-corrected chi connectivity index (χ1v) is 9.56. The van der Waals surface area contributed by atoms with Gasteiger partial charge in [-0.3, -0.25) is 9.97 Å². The second-order valence-corrected chi connectivity index (χ2v) is 6.99. The molecule has 0 saturated heterocycles. The van der Waals surface area contributed by atoms with Gasteiger partial charge < -0.3 is 0 Å². The third-order valence-corrected chi connectivity index (χ3v) is 4.98. The molecule has 2 aromatic carbocycles. The van der Waals surface area contributed by atoms with Crippen molar-refractivity contribution in [2.75, 3.05) is 0 Å². The van der Waals surface area contributed by atoms with Crippen molar-refractivity contribution in [1.29, 1.82) is 0 Å². The van der Waals surface area contributed by atoms with Crippen molar-refractivity contribution in [3.8, 4) is 0 Å². The summed E-state index contributed by atoms with van der Waals surface area (Å²) in [6.07, 6.45) is 11.3. The average Bonchev–Trinajstić information content (AvgIpc) is 2.70. The minimum Gasteiger partial charge on any atom is -0.256 e.